The Kier molecular flexibility index (Phi) is 5.65. The van der Waals surface area contributed by atoms with Crippen LogP contribution in [0.3, 0.4) is 0 Å². The fourth-order valence-electron chi connectivity index (χ4n) is 1.44. The molecule has 0 aliphatic rings. The van der Waals surface area contributed by atoms with Crippen LogP contribution in [0.4, 0.5) is 5.69 Å². The molecule has 4 heteroatoms. The lowest BCUT2D eigenvalue weighted by Gasteiger charge is -2.10. The number of rotatable bonds is 5. The van der Waals surface area contributed by atoms with Gasteiger partial charge in [0, 0.05) is 16.6 Å². The highest BCUT2D eigenvalue weighted by atomic mass is 79.9. The Labute approximate surface area is 111 Å². The summed E-state index contributed by atoms with van der Waals surface area (Å²) in [7, 11) is 0. The quantitative estimate of drug-likeness (QED) is 0.878. The summed E-state index contributed by atoms with van der Waals surface area (Å²) in [5.41, 5.74) is 7.45. The van der Waals surface area contributed by atoms with Gasteiger partial charge in [-0.3, -0.25) is 4.79 Å². The van der Waals surface area contributed by atoms with Crippen LogP contribution in [-0.4, -0.2) is 12.5 Å². The van der Waals surface area contributed by atoms with Crippen molar-refractivity contribution in [2.45, 2.75) is 26.7 Å². The highest BCUT2D eigenvalue weighted by Crippen LogP contribution is 2.21. The van der Waals surface area contributed by atoms with Crippen LogP contribution in [0.25, 0.3) is 0 Å². The van der Waals surface area contributed by atoms with Gasteiger partial charge in [-0.15, -0.1) is 0 Å². The van der Waals surface area contributed by atoms with Crippen LogP contribution in [0.1, 0.15) is 25.3 Å². The molecule has 1 aromatic rings. The maximum absolute atomic E-state index is 11.7. The van der Waals surface area contributed by atoms with Gasteiger partial charge in [0.1, 0.15) is 0 Å². The van der Waals surface area contributed by atoms with Crippen LogP contribution >= 0.6 is 15.9 Å². The number of carbonyl (C=O) groups excluding carboxylic acids is 1. The van der Waals surface area contributed by atoms with Crippen LogP contribution in [-0.2, 0) is 4.79 Å². The molecule has 1 rings (SSSR count). The molecule has 0 saturated carbocycles. The number of hydrogen-bond acceptors (Lipinski definition) is 2. The van der Waals surface area contributed by atoms with E-state index in [1.807, 2.05) is 25.1 Å². The molecule has 0 aliphatic heterocycles. The average molecular weight is 299 g/mol. The SMILES string of the molecule is Cc1ccc(Br)cc1NC(=O)CCC(C)CN. The van der Waals surface area contributed by atoms with Crippen molar-refractivity contribution in [1.29, 1.82) is 0 Å². The van der Waals surface area contributed by atoms with E-state index in [4.69, 9.17) is 5.73 Å². The molecule has 1 amide bonds. The molecule has 3 N–H and O–H groups in total. The third kappa shape index (κ3) is 4.88. The highest BCUT2D eigenvalue weighted by molar-refractivity contribution is 9.10. The van der Waals surface area contributed by atoms with Crippen molar-refractivity contribution in [2.24, 2.45) is 11.7 Å². The van der Waals surface area contributed by atoms with Gasteiger partial charge in [-0.25, -0.2) is 0 Å². The smallest absolute Gasteiger partial charge is 0.224 e. The fraction of sp³-hybridized carbons (Fsp3) is 0.462. The number of aryl methyl sites for hydroxylation is 1. The van der Waals surface area contributed by atoms with Gasteiger partial charge < -0.3 is 11.1 Å². The first-order chi connectivity index (χ1) is 8.02. The molecule has 0 aromatic heterocycles. The minimum atomic E-state index is 0.0477. The zero-order chi connectivity index (χ0) is 12.8. The van der Waals surface area contributed by atoms with Crippen LogP contribution < -0.4 is 11.1 Å². The lowest BCUT2D eigenvalue weighted by Crippen LogP contribution is -2.16. The second kappa shape index (κ2) is 6.77. The Morgan fingerprint density at radius 2 is 2.24 bits per heavy atom. The van der Waals surface area contributed by atoms with Gasteiger partial charge in [0.15, 0.2) is 0 Å². The standard InChI is InChI=1S/C13H19BrN2O/c1-9(8-15)3-6-13(17)16-12-7-11(14)5-4-10(12)2/h4-5,7,9H,3,6,8,15H2,1-2H3,(H,16,17). The summed E-state index contributed by atoms with van der Waals surface area (Å²) < 4.78 is 0.966. The molecule has 1 atom stereocenters. The van der Waals surface area contributed by atoms with Crippen LogP contribution in [0.15, 0.2) is 22.7 Å². The molecule has 3 nitrogen and oxygen atoms in total. The molecule has 0 spiro atoms. The van der Waals surface area contributed by atoms with Gasteiger partial charge in [-0.1, -0.05) is 28.9 Å². The summed E-state index contributed by atoms with van der Waals surface area (Å²) in [5, 5.41) is 2.92. The maximum Gasteiger partial charge on any atom is 0.224 e. The molecule has 0 saturated heterocycles. The lowest BCUT2D eigenvalue weighted by atomic mass is 10.1. The number of amides is 1. The first kappa shape index (κ1) is 14.2. The highest BCUT2D eigenvalue weighted by Gasteiger charge is 2.07. The zero-order valence-electron chi connectivity index (χ0n) is 10.3. The largest absolute Gasteiger partial charge is 0.330 e. The minimum absolute atomic E-state index is 0.0477. The van der Waals surface area contributed by atoms with Gasteiger partial charge in [0.25, 0.3) is 0 Å². The van der Waals surface area contributed by atoms with E-state index in [0.717, 1.165) is 22.1 Å². The van der Waals surface area contributed by atoms with Gasteiger partial charge in [-0.05, 0) is 43.5 Å². The Morgan fingerprint density at radius 1 is 1.53 bits per heavy atom. The predicted molar refractivity (Wildman–Crippen MR) is 75.0 cm³/mol. The third-order valence-electron chi connectivity index (χ3n) is 2.74. The molecular weight excluding hydrogens is 280 g/mol. The van der Waals surface area contributed by atoms with E-state index in [-0.39, 0.29) is 5.91 Å². The Morgan fingerprint density at radius 3 is 2.88 bits per heavy atom. The molecule has 1 unspecified atom stereocenters. The molecule has 0 aliphatic carbocycles. The molecule has 0 radical (unpaired) electrons. The van der Waals surface area contributed by atoms with E-state index >= 15 is 0 Å². The Bertz CT molecular complexity index is 393. The van der Waals surface area contributed by atoms with Crippen molar-refractivity contribution in [1.82, 2.24) is 0 Å². The molecular formula is C13H19BrN2O. The van der Waals surface area contributed by atoms with Gasteiger partial charge >= 0.3 is 0 Å². The zero-order valence-corrected chi connectivity index (χ0v) is 11.9. The third-order valence-corrected chi connectivity index (χ3v) is 3.23. The second-order valence-electron chi connectivity index (χ2n) is 4.39. The molecule has 0 heterocycles. The summed E-state index contributed by atoms with van der Waals surface area (Å²) in [5.74, 6) is 0.441. The van der Waals surface area contributed by atoms with Crippen molar-refractivity contribution in [3.05, 3.63) is 28.2 Å². The fourth-order valence-corrected chi connectivity index (χ4v) is 1.80. The Balaban J connectivity index is 2.53. The van der Waals surface area contributed by atoms with E-state index in [1.54, 1.807) is 0 Å². The summed E-state index contributed by atoms with van der Waals surface area (Å²) in [4.78, 5) is 11.7. The van der Waals surface area contributed by atoms with E-state index in [2.05, 4.69) is 28.2 Å². The number of nitrogens with one attached hydrogen (secondary N) is 1. The summed E-state index contributed by atoms with van der Waals surface area (Å²) in [6, 6.07) is 5.85. The van der Waals surface area contributed by atoms with Gasteiger partial charge in [0.05, 0.1) is 0 Å². The van der Waals surface area contributed by atoms with Crippen molar-refractivity contribution in [3.8, 4) is 0 Å². The van der Waals surface area contributed by atoms with Crippen LogP contribution in [0.5, 0.6) is 0 Å². The number of anilines is 1. The second-order valence-corrected chi connectivity index (χ2v) is 5.30. The number of carbonyl (C=O) groups is 1. The lowest BCUT2D eigenvalue weighted by molar-refractivity contribution is -0.116. The van der Waals surface area contributed by atoms with E-state index in [9.17, 15) is 4.79 Å². The molecule has 17 heavy (non-hydrogen) atoms. The number of hydrogen-bond donors (Lipinski definition) is 2. The van der Waals surface area contributed by atoms with E-state index in [1.165, 1.54) is 0 Å². The van der Waals surface area contributed by atoms with Crippen molar-refractivity contribution >= 4 is 27.5 Å². The topological polar surface area (TPSA) is 55.1 Å². The first-order valence-corrected chi connectivity index (χ1v) is 6.58. The van der Waals surface area contributed by atoms with Gasteiger partial charge in [0.2, 0.25) is 5.91 Å². The summed E-state index contributed by atoms with van der Waals surface area (Å²) in [6.07, 6.45) is 1.35. The number of benzene rings is 1. The monoisotopic (exact) mass is 298 g/mol. The van der Waals surface area contributed by atoms with Crippen molar-refractivity contribution in [2.75, 3.05) is 11.9 Å². The molecule has 1 aromatic carbocycles. The summed E-state index contributed by atoms with van der Waals surface area (Å²) >= 11 is 3.39. The number of halogens is 1. The van der Waals surface area contributed by atoms with Crippen LogP contribution in [0, 0.1) is 12.8 Å². The first-order valence-electron chi connectivity index (χ1n) is 5.79. The van der Waals surface area contributed by atoms with E-state index in [0.29, 0.717) is 18.9 Å². The minimum Gasteiger partial charge on any atom is -0.330 e. The van der Waals surface area contributed by atoms with E-state index < -0.39 is 0 Å². The number of nitrogens with two attached hydrogens (primary N) is 1. The molecule has 0 bridgehead atoms. The maximum atomic E-state index is 11.7. The average Bonchev–Trinajstić information content (AvgIpc) is 2.30. The normalized spacial score (nSPS) is 12.2. The van der Waals surface area contributed by atoms with Crippen molar-refractivity contribution < 1.29 is 4.79 Å². The van der Waals surface area contributed by atoms with Crippen molar-refractivity contribution in [3.63, 3.8) is 0 Å². The molecule has 0 fully saturated rings. The predicted octanol–water partition coefficient (Wildman–Crippen LogP) is 3.07. The molecule has 94 valence electrons. The Hall–Kier alpha value is -0.870. The van der Waals surface area contributed by atoms with Crippen LogP contribution in [0.2, 0.25) is 0 Å². The summed E-state index contributed by atoms with van der Waals surface area (Å²) in [6.45, 7) is 4.66. The van der Waals surface area contributed by atoms with Gasteiger partial charge in [-0.2, -0.15) is 0 Å².